The molecule has 3 N–H and O–H groups in total. The van der Waals surface area contributed by atoms with Gasteiger partial charge in [-0.25, -0.2) is 19.9 Å². The molecule has 0 amide bonds. The molecule has 7 heteroatoms. The molecular weight excluding hydrogens is 230 g/mol. The first-order valence-electron chi connectivity index (χ1n) is 5.80. The van der Waals surface area contributed by atoms with Gasteiger partial charge in [-0.1, -0.05) is 0 Å². The molecule has 0 atom stereocenters. The number of nitrogens with zero attached hydrogens (tertiary/aromatic N) is 4. The lowest BCUT2D eigenvalue weighted by molar-refractivity contribution is 0.814. The van der Waals surface area contributed by atoms with Gasteiger partial charge in [0.05, 0.1) is 6.33 Å². The van der Waals surface area contributed by atoms with Gasteiger partial charge < -0.3 is 15.3 Å². The van der Waals surface area contributed by atoms with Crippen molar-refractivity contribution in [1.29, 1.82) is 0 Å². The summed E-state index contributed by atoms with van der Waals surface area (Å²) in [6.07, 6.45) is 8.62. The number of hydrogen-bond acceptors (Lipinski definition) is 5. The van der Waals surface area contributed by atoms with Crippen LogP contribution >= 0.6 is 0 Å². The minimum absolute atomic E-state index is 0.679. The van der Waals surface area contributed by atoms with Gasteiger partial charge in [0.25, 0.3) is 0 Å². The minimum Gasteiger partial charge on any atom is -0.368 e. The van der Waals surface area contributed by atoms with E-state index in [1.165, 1.54) is 6.33 Å². The molecule has 0 radical (unpaired) electrons. The van der Waals surface area contributed by atoms with Gasteiger partial charge in [0.15, 0.2) is 11.5 Å². The second kappa shape index (κ2) is 4.82. The fraction of sp³-hybridized carbons (Fsp3) is 0.273. The van der Waals surface area contributed by atoms with Crippen molar-refractivity contribution in [3.8, 4) is 0 Å². The van der Waals surface area contributed by atoms with Crippen molar-refractivity contribution in [2.24, 2.45) is 0 Å². The quantitative estimate of drug-likeness (QED) is 0.584. The standard InChI is InChI=1S/C11H13N7/c1(2-8-12-4-5-13-8)3-14-10-9-11(16-6-15-9)18-7-17-10/h4-7H,1-3H2,(H,12,13)(H2,14,15,16,17,18). The highest BCUT2D eigenvalue weighted by molar-refractivity contribution is 5.81. The van der Waals surface area contributed by atoms with Crippen molar-refractivity contribution in [3.05, 3.63) is 30.9 Å². The molecule has 0 spiro atoms. The Morgan fingerprint density at radius 1 is 1.11 bits per heavy atom. The Morgan fingerprint density at radius 2 is 2.11 bits per heavy atom. The fourth-order valence-electron chi connectivity index (χ4n) is 1.80. The summed E-state index contributed by atoms with van der Waals surface area (Å²) < 4.78 is 0. The first-order chi connectivity index (χ1) is 8.93. The van der Waals surface area contributed by atoms with Gasteiger partial charge in [-0.15, -0.1) is 0 Å². The van der Waals surface area contributed by atoms with Crippen molar-refractivity contribution < 1.29 is 0 Å². The van der Waals surface area contributed by atoms with Gasteiger partial charge in [-0.3, -0.25) is 0 Å². The van der Waals surface area contributed by atoms with E-state index in [0.717, 1.165) is 36.5 Å². The van der Waals surface area contributed by atoms with Crippen LogP contribution in [0.2, 0.25) is 0 Å². The molecule has 3 heterocycles. The zero-order valence-corrected chi connectivity index (χ0v) is 9.72. The van der Waals surface area contributed by atoms with Crippen LogP contribution in [0.5, 0.6) is 0 Å². The highest BCUT2D eigenvalue weighted by Crippen LogP contribution is 2.14. The van der Waals surface area contributed by atoms with Crippen molar-refractivity contribution in [2.75, 3.05) is 11.9 Å². The topological polar surface area (TPSA) is 95.2 Å². The maximum Gasteiger partial charge on any atom is 0.182 e. The van der Waals surface area contributed by atoms with Crippen molar-refractivity contribution in [1.82, 2.24) is 29.9 Å². The number of aryl methyl sites for hydroxylation is 1. The average molecular weight is 243 g/mol. The van der Waals surface area contributed by atoms with E-state index in [1.54, 1.807) is 12.5 Å². The summed E-state index contributed by atoms with van der Waals surface area (Å²) in [4.78, 5) is 22.6. The van der Waals surface area contributed by atoms with E-state index in [-0.39, 0.29) is 0 Å². The lowest BCUT2D eigenvalue weighted by atomic mass is 10.3. The number of aromatic amines is 2. The van der Waals surface area contributed by atoms with Gasteiger partial charge in [0.2, 0.25) is 0 Å². The van der Waals surface area contributed by atoms with Gasteiger partial charge in [0.1, 0.15) is 17.7 Å². The molecule has 18 heavy (non-hydrogen) atoms. The molecule has 0 aliphatic carbocycles. The molecule has 0 aliphatic rings. The molecule has 92 valence electrons. The molecule has 3 aromatic rings. The van der Waals surface area contributed by atoms with Crippen LogP contribution in [0.1, 0.15) is 12.2 Å². The van der Waals surface area contributed by atoms with Crippen LogP contribution in [0, 0.1) is 0 Å². The summed E-state index contributed by atoms with van der Waals surface area (Å²) in [6.45, 7) is 0.825. The third-order valence-corrected chi connectivity index (χ3v) is 2.66. The van der Waals surface area contributed by atoms with Crippen LogP contribution in [-0.4, -0.2) is 36.4 Å². The van der Waals surface area contributed by atoms with E-state index in [9.17, 15) is 0 Å². The van der Waals surface area contributed by atoms with E-state index in [4.69, 9.17) is 0 Å². The van der Waals surface area contributed by atoms with Gasteiger partial charge in [0, 0.05) is 25.4 Å². The second-order valence-corrected chi connectivity index (χ2v) is 3.89. The smallest absolute Gasteiger partial charge is 0.182 e. The number of nitrogens with one attached hydrogen (secondary N) is 3. The van der Waals surface area contributed by atoms with Crippen LogP contribution in [-0.2, 0) is 6.42 Å². The lowest BCUT2D eigenvalue weighted by Gasteiger charge is -2.04. The van der Waals surface area contributed by atoms with E-state index in [2.05, 4.69) is 35.2 Å². The SMILES string of the molecule is c1c[nH]c(CCCNc2ncnc3nc[nH]c23)n1. The third kappa shape index (κ3) is 2.15. The van der Waals surface area contributed by atoms with E-state index >= 15 is 0 Å². The first-order valence-corrected chi connectivity index (χ1v) is 5.80. The predicted octanol–water partition coefficient (Wildman–Crippen LogP) is 1.12. The van der Waals surface area contributed by atoms with Crippen molar-refractivity contribution >= 4 is 17.0 Å². The van der Waals surface area contributed by atoms with Gasteiger partial charge in [-0.2, -0.15) is 0 Å². The Labute approximate surface area is 103 Å². The van der Waals surface area contributed by atoms with Crippen LogP contribution in [0.15, 0.2) is 25.0 Å². The van der Waals surface area contributed by atoms with E-state index in [1.807, 2.05) is 6.20 Å². The maximum absolute atomic E-state index is 4.20. The number of aromatic nitrogens is 6. The molecule has 0 aromatic carbocycles. The Morgan fingerprint density at radius 3 is 3.00 bits per heavy atom. The number of imidazole rings is 2. The summed E-state index contributed by atoms with van der Waals surface area (Å²) in [7, 11) is 0. The van der Waals surface area contributed by atoms with E-state index in [0.29, 0.717) is 5.65 Å². The third-order valence-electron chi connectivity index (χ3n) is 2.66. The van der Waals surface area contributed by atoms with Crippen LogP contribution in [0.4, 0.5) is 5.82 Å². The summed E-state index contributed by atoms with van der Waals surface area (Å²) in [6, 6.07) is 0. The van der Waals surface area contributed by atoms with Crippen LogP contribution in [0.25, 0.3) is 11.2 Å². The normalized spacial score (nSPS) is 10.9. The average Bonchev–Trinajstić information content (AvgIpc) is 3.05. The van der Waals surface area contributed by atoms with Crippen molar-refractivity contribution in [3.63, 3.8) is 0 Å². The van der Waals surface area contributed by atoms with Crippen LogP contribution < -0.4 is 5.32 Å². The van der Waals surface area contributed by atoms with Gasteiger partial charge in [-0.05, 0) is 6.42 Å². The summed E-state index contributed by atoms with van der Waals surface area (Å²) in [5.74, 6) is 1.79. The molecule has 0 saturated carbocycles. The number of fused-ring (bicyclic) bond motifs is 1. The van der Waals surface area contributed by atoms with Crippen molar-refractivity contribution in [2.45, 2.75) is 12.8 Å². The molecule has 0 bridgehead atoms. The molecule has 3 rings (SSSR count). The number of rotatable bonds is 5. The monoisotopic (exact) mass is 243 g/mol. The number of anilines is 1. The zero-order valence-electron chi connectivity index (χ0n) is 9.72. The Hall–Kier alpha value is -2.44. The Balaban J connectivity index is 1.58. The molecule has 0 saturated heterocycles. The largest absolute Gasteiger partial charge is 0.368 e. The zero-order chi connectivity index (χ0) is 12.2. The lowest BCUT2D eigenvalue weighted by Crippen LogP contribution is -2.06. The highest BCUT2D eigenvalue weighted by Gasteiger charge is 2.04. The molecule has 3 aromatic heterocycles. The number of hydrogen-bond donors (Lipinski definition) is 3. The molecule has 0 unspecified atom stereocenters. The predicted molar refractivity (Wildman–Crippen MR) is 67.1 cm³/mol. The summed E-state index contributed by atoms with van der Waals surface area (Å²) >= 11 is 0. The molecular formula is C11H13N7. The van der Waals surface area contributed by atoms with E-state index < -0.39 is 0 Å². The first kappa shape index (κ1) is 10.7. The highest BCUT2D eigenvalue weighted by atomic mass is 15.1. The Bertz CT molecular complexity index is 613. The maximum atomic E-state index is 4.20. The number of H-pyrrole nitrogens is 2. The van der Waals surface area contributed by atoms with Crippen LogP contribution in [0.3, 0.4) is 0 Å². The second-order valence-electron chi connectivity index (χ2n) is 3.89. The molecule has 0 aliphatic heterocycles. The Kier molecular flexibility index (Phi) is 2.87. The van der Waals surface area contributed by atoms with Gasteiger partial charge >= 0.3 is 0 Å². The molecule has 7 nitrogen and oxygen atoms in total. The minimum atomic E-state index is 0.679. The summed E-state index contributed by atoms with van der Waals surface area (Å²) in [5, 5.41) is 3.27. The molecule has 0 fully saturated rings. The fourth-order valence-corrected chi connectivity index (χ4v) is 1.80. The summed E-state index contributed by atoms with van der Waals surface area (Å²) in [5.41, 5.74) is 1.52.